The van der Waals surface area contributed by atoms with E-state index in [0.717, 1.165) is 5.56 Å². The average molecular weight is 235 g/mol. The summed E-state index contributed by atoms with van der Waals surface area (Å²) in [5, 5.41) is 11.5. The van der Waals surface area contributed by atoms with Gasteiger partial charge in [0.2, 0.25) is 0 Å². The zero-order valence-corrected chi connectivity index (χ0v) is 10.1. The normalized spacial score (nSPS) is 11.9. The third kappa shape index (κ3) is 3.59. The summed E-state index contributed by atoms with van der Waals surface area (Å²) in [6.45, 7) is 3.71. The molecule has 0 heterocycles. The zero-order chi connectivity index (χ0) is 12.8. The van der Waals surface area contributed by atoms with Crippen molar-refractivity contribution < 1.29 is 14.7 Å². The van der Waals surface area contributed by atoms with E-state index < -0.39 is 12.0 Å². The zero-order valence-electron chi connectivity index (χ0n) is 10.1. The van der Waals surface area contributed by atoms with Crippen LogP contribution in [-0.2, 0) is 4.79 Å². The third-order valence-electron chi connectivity index (χ3n) is 2.57. The molecule has 4 nitrogen and oxygen atoms in total. The lowest BCUT2D eigenvalue weighted by Gasteiger charge is -2.14. The molecule has 1 rings (SSSR count). The van der Waals surface area contributed by atoms with Gasteiger partial charge in [-0.1, -0.05) is 31.5 Å². The smallest absolute Gasteiger partial charge is 0.326 e. The molecule has 0 spiro atoms. The predicted octanol–water partition coefficient (Wildman–Crippen LogP) is 1.98. The van der Waals surface area contributed by atoms with Gasteiger partial charge in [-0.3, -0.25) is 4.79 Å². The van der Waals surface area contributed by atoms with Crippen molar-refractivity contribution in [1.82, 2.24) is 5.32 Å². The van der Waals surface area contributed by atoms with Crippen molar-refractivity contribution in [2.24, 2.45) is 0 Å². The SMILES string of the molecule is CCC[C@H](NC(=O)c1ccccc1C)C(=O)O. The fraction of sp³-hybridized carbons (Fsp3) is 0.385. The van der Waals surface area contributed by atoms with Gasteiger partial charge in [-0.05, 0) is 25.0 Å². The molecule has 0 unspecified atom stereocenters. The van der Waals surface area contributed by atoms with Gasteiger partial charge in [0.05, 0.1) is 0 Å². The van der Waals surface area contributed by atoms with E-state index in [9.17, 15) is 9.59 Å². The monoisotopic (exact) mass is 235 g/mol. The molecule has 17 heavy (non-hydrogen) atoms. The molecule has 1 aromatic carbocycles. The highest BCUT2D eigenvalue weighted by atomic mass is 16.4. The number of carboxylic acid groups (broad SMARTS) is 1. The summed E-state index contributed by atoms with van der Waals surface area (Å²) in [5.74, 6) is -1.32. The van der Waals surface area contributed by atoms with Gasteiger partial charge in [-0.25, -0.2) is 4.79 Å². The number of aliphatic carboxylic acids is 1. The first-order valence-corrected chi connectivity index (χ1v) is 5.65. The molecule has 1 amide bonds. The molecule has 1 aromatic rings. The maximum atomic E-state index is 11.9. The van der Waals surface area contributed by atoms with Gasteiger partial charge < -0.3 is 10.4 Å². The van der Waals surface area contributed by atoms with Crippen molar-refractivity contribution in [3.63, 3.8) is 0 Å². The lowest BCUT2D eigenvalue weighted by atomic mass is 10.1. The molecule has 2 N–H and O–H groups in total. The minimum Gasteiger partial charge on any atom is -0.480 e. The van der Waals surface area contributed by atoms with Crippen molar-refractivity contribution in [2.45, 2.75) is 32.7 Å². The Bertz CT molecular complexity index is 415. The van der Waals surface area contributed by atoms with Crippen LogP contribution in [0.15, 0.2) is 24.3 Å². The van der Waals surface area contributed by atoms with Crippen LogP contribution in [0, 0.1) is 6.92 Å². The van der Waals surface area contributed by atoms with Crippen molar-refractivity contribution >= 4 is 11.9 Å². The van der Waals surface area contributed by atoms with E-state index >= 15 is 0 Å². The second kappa shape index (κ2) is 6.03. The first-order valence-electron chi connectivity index (χ1n) is 5.65. The van der Waals surface area contributed by atoms with Crippen LogP contribution in [0.2, 0.25) is 0 Å². The van der Waals surface area contributed by atoms with Gasteiger partial charge in [0, 0.05) is 5.56 Å². The molecule has 1 atom stereocenters. The Morgan fingerprint density at radius 3 is 2.53 bits per heavy atom. The molecule has 92 valence electrons. The molecule has 0 saturated heterocycles. The molecule has 0 radical (unpaired) electrons. The first kappa shape index (κ1) is 13.2. The van der Waals surface area contributed by atoms with E-state index in [-0.39, 0.29) is 5.91 Å². The van der Waals surface area contributed by atoms with E-state index in [4.69, 9.17) is 5.11 Å². The fourth-order valence-corrected chi connectivity index (χ4v) is 1.61. The summed E-state index contributed by atoms with van der Waals surface area (Å²) in [4.78, 5) is 22.8. The van der Waals surface area contributed by atoms with Gasteiger partial charge in [0.15, 0.2) is 0 Å². The van der Waals surface area contributed by atoms with Gasteiger partial charge in [0.1, 0.15) is 6.04 Å². The molecule has 0 aliphatic carbocycles. The second-order valence-electron chi connectivity index (χ2n) is 3.97. The van der Waals surface area contributed by atoms with Crippen molar-refractivity contribution in [3.8, 4) is 0 Å². The van der Waals surface area contributed by atoms with Gasteiger partial charge in [-0.2, -0.15) is 0 Å². The van der Waals surface area contributed by atoms with E-state index in [0.29, 0.717) is 18.4 Å². The summed E-state index contributed by atoms with van der Waals surface area (Å²) in [6.07, 6.45) is 1.15. The number of carbonyl (C=O) groups is 2. The standard InChI is InChI=1S/C13H17NO3/c1-3-6-11(13(16)17)14-12(15)10-8-5-4-7-9(10)2/h4-5,7-8,11H,3,6H2,1-2H3,(H,14,15)(H,16,17)/t11-/m0/s1. The minimum absolute atomic E-state index is 0.330. The lowest BCUT2D eigenvalue weighted by molar-refractivity contribution is -0.139. The summed E-state index contributed by atoms with van der Waals surface area (Å²) < 4.78 is 0. The van der Waals surface area contributed by atoms with Crippen LogP contribution in [0.1, 0.15) is 35.7 Å². The Labute approximate surface area is 101 Å². The van der Waals surface area contributed by atoms with E-state index in [1.54, 1.807) is 12.1 Å². The molecular weight excluding hydrogens is 218 g/mol. The molecular formula is C13H17NO3. The molecule has 0 saturated carbocycles. The van der Waals surface area contributed by atoms with Crippen molar-refractivity contribution in [3.05, 3.63) is 35.4 Å². The Kier molecular flexibility index (Phi) is 4.69. The first-order chi connectivity index (χ1) is 8.06. The van der Waals surface area contributed by atoms with Gasteiger partial charge in [0.25, 0.3) is 5.91 Å². The summed E-state index contributed by atoms with van der Waals surface area (Å²) in [7, 11) is 0. The number of nitrogens with one attached hydrogen (secondary N) is 1. The highest BCUT2D eigenvalue weighted by molar-refractivity contribution is 5.97. The quantitative estimate of drug-likeness (QED) is 0.820. The van der Waals surface area contributed by atoms with E-state index in [1.165, 1.54) is 0 Å². The molecule has 0 fully saturated rings. The van der Waals surface area contributed by atoms with Crippen LogP contribution < -0.4 is 5.32 Å². The summed E-state index contributed by atoms with van der Waals surface area (Å²) >= 11 is 0. The molecule has 0 aliphatic heterocycles. The number of aryl methyl sites for hydroxylation is 1. The van der Waals surface area contributed by atoms with Crippen LogP contribution in [-0.4, -0.2) is 23.0 Å². The molecule has 0 bridgehead atoms. The number of rotatable bonds is 5. The van der Waals surface area contributed by atoms with E-state index in [2.05, 4.69) is 5.32 Å². The van der Waals surface area contributed by atoms with Crippen LogP contribution in [0.3, 0.4) is 0 Å². The van der Waals surface area contributed by atoms with Crippen molar-refractivity contribution in [2.75, 3.05) is 0 Å². The Morgan fingerprint density at radius 1 is 1.35 bits per heavy atom. The second-order valence-corrected chi connectivity index (χ2v) is 3.97. The topological polar surface area (TPSA) is 66.4 Å². The lowest BCUT2D eigenvalue weighted by Crippen LogP contribution is -2.40. The Hall–Kier alpha value is -1.84. The van der Waals surface area contributed by atoms with Crippen LogP contribution in [0.4, 0.5) is 0 Å². The van der Waals surface area contributed by atoms with E-state index in [1.807, 2.05) is 26.0 Å². The predicted molar refractivity (Wildman–Crippen MR) is 65.0 cm³/mol. The third-order valence-corrected chi connectivity index (χ3v) is 2.57. The largest absolute Gasteiger partial charge is 0.480 e. The van der Waals surface area contributed by atoms with Crippen LogP contribution in [0.5, 0.6) is 0 Å². The highest BCUT2D eigenvalue weighted by Gasteiger charge is 2.20. The number of carboxylic acids is 1. The number of carbonyl (C=O) groups excluding carboxylic acids is 1. The summed E-state index contributed by atoms with van der Waals surface area (Å²) in [6, 6.07) is 6.30. The number of amides is 1. The van der Waals surface area contributed by atoms with Gasteiger partial charge >= 0.3 is 5.97 Å². The number of hydrogen-bond acceptors (Lipinski definition) is 2. The molecule has 0 aromatic heterocycles. The van der Waals surface area contributed by atoms with Crippen molar-refractivity contribution in [1.29, 1.82) is 0 Å². The number of hydrogen-bond donors (Lipinski definition) is 2. The Morgan fingerprint density at radius 2 is 2.00 bits per heavy atom. The average Bonchev–Trinajstić information content (AvgIpc) is 2.28. The maximum Gasteiger partial charge on any atom is 0.326 e. The fourth-order valence-electron chi connectivity index (χ4n) is 1.61. The van der Waals surface area contributed by atoms with Crippen LogP contribution in [0.25, 0.3) is 0 Å². The molecule has 4 heteroatoms. The Balaban J connectivity index is 2.77. The van der Waals surface area contributed by atoms with Crippen LogP contribution >= 0.6 is 0 Å². The minimum atomic E-state index is -0.992. The summed E-state index contributed by atoms with van der Waals surface area (Å²) in [5.41, 5.74) is 1.36. The molecule has 0 aliphatic rings. The number of benzene rings is 1. The van der Waals surface area contributed by atoms with Gasteiger partial charge in [-0.15, -0.1) is 0 Å². The maximum absolute atomic E-state index is 11.9. The highest BCUT2D eigenvalue weighted by Crippen LogP contribution is 2.08.